The summed E-state index contributed by atoms with van der Waals surface area (Å²) >= 11 is 0. The fraction of sp³-hybridized carbons (Fsp3) is 0.364. The van der Waals surface area contributed by atoms with E-state index in [1.165, 1.54) is 0 Å². The van der Waals surface area contributed by atoms with Gasteiger partial charge in [0.05, 0.1) is 6.26 Å². The molecule has 0 amide bonds. The van der Waals surface area contributed by atoms with Crippen molar-refractivity contribution in [1.29, 1.82) is 0 Å². The molecule has 80 valence electrons. The highest BCUT2D eigenvalue weighted by molar-refractivity contribution is 5.05. The highest BCUT2D eigenvalue weighted by Crippen LogP contribution is 2.17. The SMILES string of the molecule is CCn1ccnc1CC(O)c1ccco1. The molecule has 4 heteroatoms. The van der Waals surface area contributed by atoms with Crippen LogP contribution in [0.25, 0.3) is 0 Å². The zero-order chi connectivity index (χ0) is 10.7. The molecule has 0 aliphatic rings. The first-order chi connectivity index (χ1) is 7.31. The Bertz CT molecular complexity index is 406. The Morgan fingerprint density at radius 3 is 3.13 bits per heavy atom. The topological polar surface area (TPSA) is 51.2 Å². The van der Waals surface area contributed by atoms with Gasteiger partial charge in [-0.25, -0.2) is 4.98 Å². The van der Waals surface area contributed by atoms with Crippen molar-refractivity contribution in [3.8, 4) is 0 Å². The van der Waals surface area contributed by atoms with Gasteiger partial charge in [0.15, 0.2) is 0 Å². The molecule has 0 fully saturated rings. The van der Waals surface area contributed by atoms with Gasteiger partial charge in [-0.2, -0.15) is 0 Å². The van der Waals surface area contributed by atoms with Crippen molar-refractivity contribution < 1.29 is 9.52 Å². The fourth-order valence-electron chi connectivity index (χ4n) is 1.57. The highest BCUT2D eigenvalue weighted by atomic mass is 16.4. The van der Waals surface area contributed by atoms with Crippen molar-refractivity contribution in [2.75, 3.05) is 0 Å². The van der Waals surface area contributed by atoms with Gasteiger partial charge in [0.1, 0.15) is 17.7 Å². The molecule has 2 heterocycles. The van der Waals surface area contributed by atoms with Crippen LogP contribution in [0, 0.1) is 0 Å². The largest absolute Gasteiger partial charge is 0.467 e. The van der Waals surface area contributed by atoms with Crippen LogP contribution in [0.2, 0.25) is 0 Å². The minimum absolute atomic E-state index is 0.481. The minimum atomic E-state index is -0.618. The molecule has 0 radical (unpaired) electrons. The van der Waals surface area contributed by atoms with Crippen LogP contribution in [0.1, 0.15) is 24.6 Å². The number of nitrogens with zero attached hydrogens (tertiary/aromatic N) is 2. The summed E-state index contributed by atoms with van der Waals surface area (Å²) in [4.78, 5) is 4.20. The van der Waals surface area contributed by atoms with Gasteiger partial charge in [-0.15, -0.1) is 0 Å². The number of aliphatic hydroxyl groups excluding tert-OH is 1. The number of aromatic nitrogens is 2. The minimum Gasteiger partial charge on any atom is -0.467 e. The van der Waals surface area contributed by atoms with Crippen LogP contribution >= 0.6 is 0 Å². The molecule has 0 saturated carbocycles. The number of hydrogen-bond acceptors (Lipinski definition) is 3. The van der Waals surface area contributed by atoms with E-state index in [-0.39, 0.29) is 0 Å². The lowest BCUT2D eigenvalue weighted by atomic mass is 10.2. The molecule has 1 unspecified atom stereocenters. The number of furan rings is 1. The third-order valence-electron chi connectivity index (χ3n) is 2.39. The molecule has 2 aromatic rings. The average Bonchev–Trinajstić information content (AvgIpc) is 2.87. The van der Waals surface area contributed by atoms with Crippen molar-refractivity contribution in [2.45, 2.75) is 26.0 Å². The van der Waals surface area contributed by atoms with Crippen molar-refractivity contribution in [3.05, 3.63) is 42.4 Å². The Morgan fingerprint density at radius 2 is 2.47 bits per heavy atom. The molecule has 2 rings (SSSR count). The first kappa shape index (κ1) is 9.98. The fourth-order valence-corrected chi connectivity index (χ4v) is 1.57. The quantitative estimate of drug-likeness (QED) is 0.829. The van der Waals surface area contributed by atoms with Crippen molar-refractivity contribution in [3.63, 3.8) is 0 Å². The number of aliphatic hydroxyl groups is 1. The predicted octanol–water partition coefficient (Wildman–Crippen LogP) is 1.77. The lowest BCUT2D eigenvalue weighted by Gasteiger charge is -2.08. The van der Waals surface area contributed by atoms with Gasteiger partial charge < -0.3 is 14.1 Å². The summed E-state index contributed by atoms with van der Waals surface area (Å²) in [5.74, 6) is 1.46. The van der Waals surface area contributed by atoms with Crippen molar-refractivity contribution in [2.24, 2.45) is 0 Å². The van der Waals surface area contributed by atoms with Gasteiger partial charge >= 0.3 is 0 Å². The highest BCUT2D eigenvalue weighted by Gasteiger charge is 2.13. The monoisotopic (exact) mass is 206 g/mol. The van der Waals surface area contributed by atoms with E-state index in [4.69, 9.17) is 4.42 Å². The van der Waals surface area contributed by atoms with Crippen molar-refractivity contribution >= 4 is 0 Å². The van der Waals surface area contributed by atoms with Crippen LogP contribution in [0.4, 0.5) is 0 Å². The Morgan fingerprint density at radius 1 is 1.60 bits per heavy atom. The predicted molar refractivity (Wildman–Crippen MR) is 55.3 cm³/mol. The van der Waals surface area contributed by atoms with Crippen LogP contribution in [0.5, 0.6) is 0 Å². The van der Waals surface area contributed by atoms with Gasteiger partial charge in [0.25, 0.3) is 0 Å². The molecule has 1 atom stereocenters. The third-order valence-corrected chi connectivity index (χ3v) is 2.39. The average molecular weight is 206 g/mol. The van der Waals surface area contributed by atoms with E-state index in [2.05, 4.69) is 4.98 Å². The summed E-state index contributed by atoms with van der Waals surface area (Å²) in [6.07, 6.45) is 5.07. The first-order valence-electron chi connectivity index (χ1n) is 5.02. The lowest BCUT2D eigenvalue weighted by molar-refractivity contribution is 0.147. The molecular weight excluding hydrogens is 192 g/mol. The number of hydrogen-bond donors (Lipinski definition) is 1. The maximum absolute atomic E-state index is 9.85. The van der Waals surface area contributed by atoms with E-state index in [1.807, 2.05) is 17.7 Å². The summed E-state index contributed by atoms with van der Waals surface area (Å²) in [5.41, 5.74) is 0. The van der Waals surface area contributed by atoms with Crippen LogP contribution in [-0.4, -0.2) is 14.7 Å². The molecule has 0 bridgehead atoms. The zero-order valence-electron chi connectivity index (χ0n) is 8.63. The molecular formula is C11H14N2O2. The van der Waals surface area contributed by atoms with E-state index >= 15 is 0 Å². The number of aryl methyl sites for hydroxylation is 1. The molecule has 4 nitrogen and oxygen atoms in total. The van der Waals surface area contributed by atoms with Crippen molar-refractivity contribution in [1.82, 2.24) is 9.55 Å². The van der Waals surface area contributed by atoms with E-state index < -0.39 is 6.10 Å². The molecule has 1 N–H and O–H groups in total. The lowest BCUT2D eigenvalue weighted by Crippen LogP contribution is -2.07. The summed E-state index contributed by atoms with van der Waals surface area (Å²) < 4.78 is 7.14. The zero-order valence-corrected chi connectivity index (χ0v) is 8.63. The maximum Gasteiger partial charge on any atom is 0.132 e. The van der Waals surface area contributed by atoms with Crippen LogP contribution < -0.4 is 0 Å². The van der Waals surface area contributed by atoms with Crippen LogP contribution in [0.3, 0.4) is 0 Å². The van der Waals surface area contributed by atoms with E-state index in [9.17, 15) is 5.11 Å². The Labute approximate surface area is 88.2 Å². The van der Waals surface area contributed by atoms with Crippen LogP contribution in [-0.2, 0) is 13.0 Å². The second-order valence-corrected chi connectivity index (χ2v) is 3.36. The second-order valence-electron chi connectivity index (χ2n) is 3.36. The second kappa shape index (κ2) is 4.31. The van der Waals surface area contributed by atoms with Gasteiger partial charge in [0.2, 0.25) is 0 Å². The molecule has 0 spiro atoms. The molecule has 2 aromatic heterocycles. The maximum atomic E-state index is 9.85. The van der Waals surface area contributed by atoms with Gasteiger partial charge in [0, 0.05) is 25.4 Å². The molecule has 0 aliphatic carbocycles. The Balaban J connectivity index is 2.09. The molecule has 15 heavy (non-hydrogen) atoms. The first-order valence-corrected chi connectivity index (χ1v) is 5.02. The summed E-state index contributed by atoms with van der Waals surface area (Å²) in [5, 5.41) is 9.85. The number of imidazole rings is 1. The molecule has 0 aliphatic heterocycles. The summed E-state index contributed by atoms with van der Waals surface area (Å²) in [7, 11) is 0. The van der Waals surface area contributed by atoms with Crippen LogP contribution in [0.15, 0.2) is 35.2 Å². The van der Waals surface area contributed by atoms with Gasteiger partial charge in [-0.1, -0.05) is 0 Å². The smallest absolute Gasteiger partial charge is 0.132 e. The molecule has 0 saturated heterocycles. The van der Waals surface area contributed by atoms with E-state index in [0.29, 0.717) is 12.2 Å². The van der Waals surface area contributed by atoms with E-state index in [0.717, 1.165) is 12.4 Å². The molecule has 0 aromatic carbocycles. The normalized spacial score (nSPS) is 12.9. The third kappa shape index (κ3) is 2.10. The van der Waals surface area contributed by atoms with Gasteiger partial charge in [-0.3, -0.25) is 0 Å². The number of rotatable bonds is 4. The Hall–Kier alpha value is -1.55. The standard InChI is InChI=1S/C11H14N2O2/c1-2-13-6-5-12-11(13)8-9(14)10-4-3-7-15-10/h3-7,9,14H,2,8H2,1H3. The summed E-state index contributed by atoms with van der Waals surface area (Å²) in [6, 6.07) is 3.54. The van der Waals surface area contributed by atoms with Gasteiger partial charge in [-0.05, 0) is 19.1 Å². The van der Waals surface area contributed by atoms with E-state index in [1.54, 1.807) is 24.6 Å². The Kier molecular flexibility index (Phi) is 2.87. The summed E-state index contributed by atoms with van der Waals surface area (Å²) in [6.45, 7) is 2.91.